The van der Waals surface area contributed by atoms with Gasteiger partial charge in [-0.2, -0.15) is 0 Å². The van der Waals surface area contributed by atoms with Gasteiger partial charge in [0.1, 0.15) is 0 Å². The Balaban J connectivity index is 2.73. The summed E-state index contributed by atoms with van der Waals surface area (Å²) < 4.78 is 17.2. The van der Waals surface area contributed by atoms with E-state index in [1.165, 1.54) is 6.66 Å². The van der Waals surface area contributed by atoms with Gasteiger partial charge in [-0.15, -0.1) is 0 Å². The van der Waals surface area contributed by atoms with Crippen molar-refractivity contribution in [2.75, 3.05) is 19.4 Å². The average Bonchev–Trinajstić information content (AvgIpc) is 2.29. The number of hydrogen-bond acceptors (Lipinski definition) is 3. The molecule has 1 aromatic carbocycles. The standard InChI is InChI=1S/C13H19O4P/c1-3-17-18(2,16)10-12(13(14)15)9-11-7-5-4-6-8-11/h4-8,12H,3,9-10H2,1-2H3,(H,14,15). The van der Waals surface area contributed by atoms with Crippen LogP contribution in [-0.4, -0.2) is 30.5 Å². The van der Waals surface area contributed by atoms with Crippen LogP contribution in [0.15, 0.2) is 30.3 Å². The number of carboxylic acid groups (broad SMARTS) is 1. The molecule has 1 aromatic rings. The van der Waals surface area contributed by atoms with Gasteiger partial charge in [-0.05, 0) is 18.9 Å². The zero-order chi connectivity index (χ0) is 13.6. The highest BCUT2D eigenvalue weighted by molar-refractivity contribution is 7.58. The lowest BCUT2D eigenvalue weighted by Gasteiger charge is -2.18. The van der Waals surface area contributed by atoms with Crippen molar-refractivity contribution in [3.05, 3.63) is 35.9 Å². The molecule has 1 N–H and O–H groups in total. The van der Waals surface area contributed by atoms with Gasteiger partial charge < -0.3 is 9.63 Å². The Kier molecular flexibility index (Phi) is 5.57. The third-order valence-electron chi connectivity index (χ3n) is 2.63. The van der Waals surface area contributed by atoms with E-state index in [-0.39, 0.29) is 6.16 Å². The van der Waals surface area contributed by atoms with Gasteiger partial charge in [-0.1, -0.05) is 30.3 Å². The molecule has 2 unspecified atom stereocenters. The highest BCUT2D eigenvalue weighted by Crippen LogP contribution is 2.44. The van der Waals surface area contributed by atoms with Gasteiger partial charge in [0.15, 0.2) is 0 Å². The van der Waals surface area contributed by atoms with E-state index in [1.54, 1.807) is 6.92 Å². The highest BCUT2D eigenvalue weighted by Gasteiger charge is 2.27. The molecule has 0 saturated carbocycles. The number of hydrogen-bond donors (Lipinski definition) is 1. The number of carbonyl (C=O) groups is 1. The minimum atomic E-state index is -2.82. The van der Waals surface area contributed by atoms with Crippen LogP contribution in [0.4, 0.5) is 0 Å². The van der Waals surface area contributed by atoms with E-state index in [2.05, 4.69) is 0 Å². The van der Waals surface area contributed by atoms with Crippen molar-refractivity contribution < 1.29 is 19.0 Å². The van der Waals surface area contributed by atoms with Gasteiger partial charge in [-0.3, -0.25) is 9.36 Å². The molecule has 0 amide bonds. The summed E-state index contributed by atoms with van der Waals surface area (Å²) in [5, 5.41) is 9.19. The molecule has 0 radical (unpaired) electrons. The third-order valence-corrected chi connectivity index (χ3v) is 4.54. The molecule has 0 aliphatic rings. The summed E-state index contributed by atoms with van der Waals surface area (Å²) in [4.78, 5) is 11.2. The van der Waals surface area contributed by atoms with E-state index in [9.17, 15) is 14.5 Å². The molecule has 100 valence electrons. The molecule has 0 saturated heterocycles. The lowest BCUT2D eigenvalue weighted by Crippen LogP contribution is -2.21. The zero-order valence-corrected chi connectivity index (χ0v) is 11.6. The van der Waals surface area contributed by atoms with E-state index >= 15 is 0 Å². The number of aliphatic carboxylic acids is 1. The maximum atomic E-state index is 12.0. The quantitative estimate of drug-likeness (QED) is 0.774. The molecule has 0 heterocycles. The Bertz CT molecular complexity index is 430. The summed E-state index contributed by atoms with van der Waals surface area (Å²) in [7, 11) is -2.82. The van der Waals surface area contributed by atoms with Crippen molar-refractivity contribution in [2.45, 2.75) is 13.3 Å². The van der Waals surface area contributed by atoms with Gasteiger partial charge in [-0.25, -0.2) is 0 Å². The van der Waals surface area contributed by atoms with Crippen LogP contribution in [-0.2, 0) is 20.3 Å². The van der Waals surface area contributed by atoms with Crippen molar-refractivity contribution in [1.29, 1.82) is 0 Å². The summed E-state index contributed by atoms with van der Waals surface area (Å²) in [6.45, 7) is 3.59. The van der Waals surface area contributed by atoms with Crippen LogP contribution in [0, 0.1) is 5.92 Å². The van der Waals surface area contributed by atoms with Crippen LogP contribution >= 0.6 is 7.37 Å². The van der Waals surface area contributed by atoms with Crippen LogP contribution in [0.1, 0.15) is 12.5 Å². The van der Waals surface area contributed by atoms with Gasteiger partial charge in [0.25, 0.3) is 0 Å². The highest BCUT2D eigenvalue weighted by atomic mass is 31.2. The molecule has 5 heteroatoms. The molecule has 1 rings (SSSR count). The fraction of sp³-hybridized carbons (Fsp3) is 0.462. The molecular formula is C13H19O4P. The van der Waals surface area contributed by atoms with E-state index in [4.69, 9.17) is 4.52 Å². The second-order valence-corrected chi connectivity index (χ2v) is 6.99. The van der Waals surface area contributed by atoms with Crippen LogP contribution in [0.25, 0.3) is 0 Å². The first-order valence-corrected chi connectivity index (χ1v) is 8.18. The van der Waals surface area contributed by atoms with Crippen molar-refractivity contribution in [3.8, 4) is 0 Å². The summed E-state index contributed by atoms with van der Waals surface area (Å²) in [5.74, 6) is -1.60. The second kappa shape index (κ2) is 6.72. The SMILES string of the molecule is CCOP(C)(=O)CC(Cc1ccccc1)C(=O)O. The van der Waals surface area contributed by atoms with E-state index in [0.717, 1.165) is 5.56 Å². The first kappa shape index (κ1) is 14.9. The number of rotatable bonds is 7. The Labute approximate surface area is 107 Å². The van der Waals surface area contributed by atoms with Crippen LogP contribution in [0.2, 0.25) is 0 Å². The molecule has 0 bridgehead atoms. The lowest BCUT2D eigenvalue weighted by atomic mass is 10.0. The van der Waals surface area contributed by atoms with Gasteiger partial charge >= 0.3 is 5.97 Å². The molecule has 0 aromatic heterocycles. The van der Waals surface area contributed by atoms with E-state index < -0.39 is 19.3 Å². The molecule has 4 nitrogen and oxygen atoms in total. The van der Waals surface area contributed by atoms with Crippen LogP contribution < -0.4 is 0 Å². The Morgan fingerprint density at radius 2 is 2.00 bits per heavy atom. The fourth-order valence-corrected chi connectivity index (χ4v) is 3.59. The molecular weight excluding hydrogens is 251 g/mol. The summed E-state index contributed by atoms with van der Waals surface area (Å²) in [5.41, 5.74) is 0.932. The van der Waals surface area contributed by atoms with Gasteiger partial charge in [0, 0.05) is 12.8 Å². The first-order valence-electron chi connectivity index (χ1n) is 5.92. The summed E-state index contributed by atoms with van der Waals surface area (Å²) in [6.07, 6.45) is 0.451. The average molecular weight is 270 g/mol. The minimum Gasteiger partial charge on any atom is -0.481 e. The summed E-state index contributed by atoms with van der Waals surface area (Å²) >= 11 is 0. The molecule has 0 aliphatic heterocycles. The number of benzene rings is 1. The largest absolute Gasteiger partial charge is 0.481 e. The molecule has 18 heavy (non-hydrogen) atoms. The predicted octanol–water partition coefficient (Wildman–Crippen LogP) is 2.87. The van der Waals surface area contributed by atoms with Crippen molar-refractivity contribution in [3.63, 3.8) is 0 Å². The van der Waals surface area contributed by atoms with E-state index in [1.807, 2.05) is 30.3 Å². The van der Waals surface area contributed by atoms with Crippen molar-refractivity contribution >= 4 is 13.3 Å². The van der Waals surface area contributed by atoms with Crippen molar-refractivity contribution in [1.82, 2.24) is 0 Å². The summed E-state index contributed by atoms with van der Waals surface area (Å²) in [6, 6.07) is 9.35. The molecule has 0 aliphatic carbocycles. The monoisotopic (exact) mass is 270 g/mol. The normalized spacial score (nSPS) is 15.9. The third kappa shape index (κ3) is 5.03. The Hall–Kier alpha value is -1.12. The van der Waals surface area contributed by atoms with Crippen molar-refractivity contribution in [2.24, 2.45) is 5.92 Å². The van der Waals surface area contributed by atoms with Crippen LogP contribution in [0.3, 0.4) is 0 Å². The van der Waals surface area contributed by atoms with Gasteiger partial charge in [0.2, 0.25) is 7.37 Å². The minimum absolute atomic E-state index is 0.0745. The second-order valence-electron chi connectivity index (χ2n) is 4.34. The number of carboxylic acids is 1. The first-order chi connectivity index (χ1) is 8.44. The maximum Gasteiger partial charge on any atom is 0.307 e. The zero-order valence-electron chi connectivity index (χ0n) is 10.7. The molecule has 2 atom stereocenters. The fourth-order valence-electron chi connectivity index (χ4n) is 1.85. The molecule has 0 fully saturated rings. The Morgan fingerprint density at radius 1 is 1.39 bits per heavy atom. The van der Waals surface area contributed by atoms with Gasteiger partial charge in [0.05, 0.1) is 12.5 Å². The predicted molar refractivity (Wildman–Crippen MR) is 71.3 cm³/mol. The topological polar surface area (TPSA) is 63.6 Å². The smallest absolute Gasteiger partial charge is 0.307 e. The lowest BCUT2D eigenvalue weighted by molar-refractivity contribution is -0.141. The molecule has 0 spiro atoms. The maximum absolute atomic E-state index is 12.0. The van der Waals surface area contributed by atoms with E-state index in [0.29, 0.717) is 13.0 Å². The van der Waals surface area contributed by atoms with Crippen LogP contribution in [0.5, 0.6) is 0 Å². The Morgan fingerprint density at radius 3 is 2.50 bits per heavy atom.